The molecule has 1 aromatic carbocycles. The van der Waals surface area contributed by atoms with Crippen molar-refractivity contribution in [2.75, 3.05) is 31.7 Å². The number of ether oxygens (including phenoxy) is 1. The molecular weight excluding hydrogens is 456 g/mol. The molecular formula is C22H29ClN2O4S2. The summed E-state index contributed by atoms with van der Waals surface area (Å²) in [5.41, 5.74) is 3.22. The predicted octanol–water partition coefficient (Wildman–Crippen LogP) is 5.09. The van der Waals surface area contributed by atoms with Crippen molar-refractivity contribution in [3.05, 3.63) is 46.3 Å². The number of anilines is 1. The molecule has 0 aliphatic rings. The third kappa shape index (κ3) is 7.73. The lowest BCUT2D eigenvalue weighted by Crippen LogP contribution is -2.32. The van der Waals surface area contributed by atoms with E-state index in [4.69, 9.17) is 16.3 Å². The number of benzene rings is 1. The Labute approximate surface area is 193 Å². The summed E-state index contributed by atoms with van der Waals surface area (Å²) in [6.07, 6.45) is 4.29. The minimum absolute atomic E-state index is 0.229. The number of allylic oxidation sites excluding steroid dienone is 2. The Kier molecular flexibility index (Phi) is 8.85. The van der Waals surface area contributed by atoms with E-state index in [1.807, 2.05) is 12.1 Å². The minimum atomic E-state index is -3.36. The molecule has 31 heavy (non-hydrogen) atoms. The zero-order chi connectivity index (χ0) is 23.2. The van der Waals surface area contributed by atoms with Crippen LogP contribution in [0.15, 0.2) is 40.7 Å². The number of hydrogen-bond donors (Lipinski definition) is 2. The van der Waals surface area contributed by atoms with Crippen molar-refractivity contribution in [3.63, 3.8) is 0 Å². The Bertz CT molecular complexity index is 1070. The van der Waals surface area contributed by atoms with Crippen molar-refractivity contribution in [2.45, 2.75) is 32.3 Å². The second kappa shape index (κ2) is 10.7. The van der Waals surface area contributed by atoms with Crippen LogP contribution in [0.1, 0.15) is 32.3 Å². The number of sulfonamides is 1. The molecule has 1 aromatic heterocycles. The van der Waals surface area contributed by atoms with Crippen molar-refractivity contribution in [1.82, 2.24) is 0 Å². The molecule has 0 fully saturated rings. The van der Waals surface area contributed by atoms with E-state index in [0.29, 0.717) is 17.1 Å². The Morgan fingerprint density at radius 3 is 2.65 bits per heavy atom. The molecule has 0 aliphatic carbocycles. The van der Waals surface area contributed by atoms with Crippen LogP contribution in [0, 0.1) is 0 Å². The summed E-state index contributed by atoms with van der Waals surface area (Å²) in [6, 6.07) is 7.17. The number of aliphatic hydroxyl groups is 1. The lowest BCUT2D eigenvalue weighted by molar-refractivity contribution is -0.0108. The monoisotopic (exact) mass is 484 g/mol. The van der Waals surface area contributed by atoms with Gasteiger partial charge >= 0.3 is 0 Å². The summed E-state index contributed by atoms with van der Waals surface area (Å²) in [6.45, 7) is 4.03. The zero-order valence-electron chi connectivity index (χ0n) is 18.4. The van der Waals surface area contributed by atoms with Crippen LogP contribution in [0.3, 0.4) is 0 Å². The molecule has 170 valence electrons. The molecule has 1 unspecified atom stereocenters. The fourth-order valence-electron chi connectivity index (χ4n) is 3.18. The smallest absolute Gasteiger partial charge is 0.229 e. The maximum absolute atomic E-state index is 11.4. The molecule has 6 nitrogen and oxygen atoms in total. The van der Waals surface area contributed by atoms with E-state index >= 15 is 0 Å². The van der Waals surface area contributed by atoms with Gasteiger partial charge in [-0.2, -0.15) is 0 Å². The fraction of sp³-hybridized carbons (Fsp3) is 0.409. The number of methoxy groups -OCH3 is 1. The Morgan fingerprint density at radius 2 is 2.10 bits per heavy atom. The largest absolute Gasteiger partial charge is 0.387 e. The molecule has 0 aliphatic heterocycles. The summed E-state index contributed by atoms with van der Waals surface area (Å²) in [7, 11) is -0.0863. The number of thiophene rings is 1. The average Bonchev–Trinajstić information content (AvgIpc) is 3.13. The van der Waals surface area contributed by atoms with Gasteiger partial charge in [0, 0.05) is 42.4 Å². The SMILES string of the molecule is CC/C(=C\C(CC(C)(O)COC)=NC)c1csc(-c2ccc(NS(C)(=O)=O)cc2Cl)c1. The highest BCUT2D eigenvalue weighted by Crippen LogP contribution is 2.37. The van der Waals surface area contributed by atoms with Gasteiger partial charge in [-0.25, -0.2) is 8.42 Å². The Balaban J connectivity index is 2.30. The van der Waals surface area contributed by atoms with Crippen LogP contribution in [0.4, 0.5) is 5.69 Å². The van der Waals surface area contributed by atoms with Crippen LogP contribution in [-0.4, -0.2) is 51.9 Å². The topological polar surface area (TPSA) is 88.0 Å². The van der Waals surface area contributed by atoms with E-state index < -0.39 is 15.6 Å². The van der Waals surface area contributed by atoms with Crippen molar-refractivity contribution in [3.8, 4) is 10.4 Å². The quantitative estimate of drug-likeness (QED) is 0.459. The summed E-state index contributed by atoms with van der Waals surface area (Å²) in [5.74, 6) is 0. The maximum Gasteiger partial charge on any atom is 0.229 e. The molecule has 1 heterocycles. The van der Waals surface area contributed by atoms with Crippen molar-refractivity contribution < 1.29 is 18.3 Å². The average molecular weight is 485 g/mol. The first-order valence-corrected chi connectivity index (χ1v) is 12.9. The van der Waals surface area contributed by atoms with Gasteiger partial charge in [-0.3, -0.25) is 9.71 Å². The van der Waals surface area contributed by atoms with Gasteiger partial charge in [-0.05, 0) is 60.2 Å². The van der Waals surface area contributed by atoms with E-state index in [2.05, 4.69) is 28.1 Å². The lowest BCUT2D eigenvalue weighted by Gasteiger charge is -2.22. The van der Waals surface area contributed by atoms with Gasteiger partial charge in [0.25, 0.3) is 0 Å². The second-order valence-corrected chi connectivity index (χ2v) is 10.7. The van der Waals surface area contributed by atoms with Gasteiger partial charge in [0.2, 0.25) is 10.0 Å². The normalized spacial score (nSPS) is 15.1. The minimum Gasteiger partial charge on any atom is -0.387 e. The molecule has 2 rings (SSSR count). The summed E-state index contributed by atoms with van der Waals surface area (Å²) in [4.78, 5) is 5.32. The van der Waals surface area contributed by atoms with Gasteiger partial charge in [0.1, 0.15) is 0 Å². The molecule has 2 aromatic rings. The first kappa shape index (κ1) is 25.5. The Hall–Kier alpha value is -1.71. The Morgan fingerprint density at radius 1 is 1.39 bits per heavy atom. The third-order valence-corrected chi connectivity index (χ3v) is 6.42. The molecule has 9 heteroatoms. The first-order chi connectivity index (χ1) is 14.5. The highest BCUT2D eigenvalue weighted by molar-refractivity contribution is 7.92. The number of hydrogen-bond acceptors (Lipinski definition) is 6. The van der Waals surface area contributed by atoms with Gasteiger partial charge in [-0.15, -0.1) is 11.3 Å². The maximum atomic E-state index is 11.4. The van der Waals surface area contributed by atoms with E-state index in [0.717, 1.165) is 40.0 Å². The zero-order valence-corrected chi connectivity index (χ0v) is 20.8. The molecule has 0 amide bonds. The van der Waals surface area contributed by atoms with Gasteiger partial charge < -0.3 is 9.84 Å². The van der Waals surface area contributed by atoms with Gasteiger partial charge in [0.15, 0.2) is 0 Å². The van der Waals surface area contributed by atoms with E-state index in [1.165, 1.54) is 0 Å². The van der Waals surface area contributed by atoms with Gasteiger partial charge in [-0.1, -0.05) is 18.5 Å². The second-order valence-electron chi connectivity index (χ2n) is 7.61. The van der Waals surface area contributed by atoms with Crippen molar-refractivity contribution in [1.29, 1.82) is 0 Å². The van der Waals surface area contributed by atoms with Crippen LogP contribution in [0.2, 0.25) is 5.02 Å². The molecule has 0 saturated carbocycles. The number of aliphatic imine (C=N–C) groups is 1. The molecule has 1 atom stereocenters. The number of nitrogens with one attached hydrogen (secondary N) is 1. The standard InChI is InChI=1S/C22H29ClN2O4S2/c1-6-15(9-18(24-3)12-22(2,26)14-29-4)16-10-21(30-13-16)19-8-7-17(11-20(19)23)25-31(5,27)28/h7-11,13,25-26H,6,12,14H2,1-5H3/b15-9+,24-18?. The lowest BCUT2D eigenvalue weighted by atomic mass is 9.96. The number of rotatable bonds is 10. The third-order valence-electron chi connectivity index (χ3n) is 4.53. The van der Waals surface area contributed by atoms with E-state index in [-0.39, 0.29) is 6.61 Å². The summed E-state index contributed by atoms with van der Waals surface area (Å²) in [5, 5.41) is 13.0. The van der Waals surface area contributed by atoms with E-state index in [9.17, 15) is 13.5 Å². The number of nitrogens with zero attached hydrogens (tertiary/aromatic N) is 1. The van der Waals surface area contributed by atoms with Crippen LogP contribution < -0.4 is 4.72 Å². The van der Waals surface area contributed by atoms with Crippen molar-refractivity contribution >= 4 is 49.9 Å². The molecule has 0 radical (unpaired) electrons. The fourth-order valence-corrected chi connectivity index (χ4v) is 5.04. The highest BCUT2D eigenvalue weighted by Gasteiger charge is 2.22. The molecule has 0 bridgehead atoms. The highest BCUT2D eigenvalue weighted by atomic mass is 35.5. The summed E-state index contributed by atoms with van der Waals surface area (Å²) >= 11 is 7.99. The number of halogens is 1. The van der Waals surface area contributed by atoms with Crippen LogP contribution in [-0.2, 0) is 14.8 Å². The van der Waals surface area contributed by atoms with E-state index in [1.54, 1.807) is 44.6 Å². The predicted molar refractivity (Wildman–Crippen MR) is 132 cm³/mol. The van der Waals surface area contributed by atoms with Crippen LogP contribution in [0.25, 0.3) is 16.0 Å². The van der Waals surface area contributed by atoms with Crippen LogP contribution in [0.5, 0.6) is 0 Å². The van der Waals surface area contributed by atoms with Crippen molar-refractivity contribution in [2.24, 2.45) is 4.99 Å². The molecule has 0 saturated heterocycles. The van der Waals surface area contributed by atoms with Crippen LogP contribution >= 0.6 is 22.9 Å². The molecule has 2 N–H and O–H groups in total. The first-order valence-electron chi connectivity index (χ1n) is 9.72. The molecule has 0 spiro atoms. The van der Waals surface area contributed by atoms with Gasteiger partial charge in [0.05, 0.1) is 23.5 Å². The summed E-state index contributed by atoms with van der Waals surface area (Å²) < 4.78 is 30.4.